The molecule has 0 aliphatic rings. The van der Waals surface area contributed by atoms with Crippen molar-refractivity contribution >= 4 is 15.6 Å². The van der Waals surface area contributed by atoms with Gasteiger partial charge in [0.25, 0.3) is 0 Å². The van der Waals surface area contributed by atoms with Crippen molar-refractivity contribution in [1.29, 1.82) is 5.26 Å². The third-order valence-corrected chi connectivity index (χ3v) is 6.38. The molecule has 1 atom stereocenters. The molecule has 0 radical (unpaired) electrons. The lowest BCUT2D eigenvalue weighted by Crippen LogP contribution is -2.35. The zero-order valence-corrected chi connectivity index (χ0v) is 14.5. The van der Waals surface area contributed by atoms with Gasteiger partial charge in [-0.3, -0.25) is 0 Å². The number of rotatable bonds is 6. The molecule has 0 aliphatic carbocycles. The summed E-state index contributed by atoms with van der Waals surface area (Å²) in [5.41, 5.74) is 1.31. The molecule has 0 unspecified atom stereocenters. The van der Waals surface area contributed by atoms with Crippen LogP contribution in [0, 0.1) is 18.3 Å². The number of carbonyl (C=O) groups excluding carboxylic acids is 1. The Labute approximate surface area is 142 Å². The fraction of sp³-hybridized carbons (Fsp3) is 0.263. The van der Waals surface area contributed by atoms with Crippen LogP contribution in [-0.2, 0) is 19.4 Å². The number of sulfone groups is 1. The fourth-order valence-corrected chi connectivity index (χ4v) is 4.43. The normalized spacial score (nSPS) is 13.7. The third kappa shape index (κ3) is 3.24. The number of aryl methyl sites for hydroxylation is 1. The van der Waals surface area contributed by atoms with E-state index in [2.05, 4.69) is 0 Å². The summed E-state index contributed by atoms with van der Waals surface area (Å²) in [6.07, 6.45) is -0.0490. The monoisotopic (exact) mass is 341 g/mol. The Morgan fingerprint density at radius 1 is 1.08 bits per heavy atom. The van der Waals surface area contributed by atoms with Crippen molar-refractivity contribution in [3.05, 3.63) is 65.7 Å². The van der Waals surface area contributed by atoms with Gasteiger partial charge in [-0.05, 0) is 38.0 Å². The Hall–Kier alpha value is -2.45. The number of ketones is 1. The first-order valence-corrected chi connectivity index (χ1v) is 9.09. The summed E-state index contributed by atoms with van der Waals surface area (Å²) < 4.78 is 24.8. The molecular weight excluding hydrogens is 322 g/mol. The van der Waals surface area contributed by atoms with E-state index in [0.717, 1.165) is 5.56 Å². The maximum Gasteiger partial charge on any atom is 0.201 e. The van der Waals surface area contributed by atoms with Crippen LogP contribution in [0.15, 0.2) is 59.5 Å². The summed E-state index contributed by atoms with van der Waals surface area (Å²) in [6.45, 7) is 3.26. The highest BCUT2D eigenvalue weighted by molar-refractivity contribution is 7.92. The lowest BCUT2D eigenvalue weighted by molar-refractivity contribution is -0.117. The average Bonchev–Trinajstić information content (AvgIpc) is 2.57. The van der Waals surface area contributed by atoms with Crippen LogP contribution in [0.25, 0.3) is 0 Å². The second kappa shape index (κ2) is 6.98. The molecular formula is C19H19NO3S. The quantitative estimate of drug-likeness (QED) is 0.805. The van der Waals surface area contributed by atoms with Crippen molar-refractivity contribution in [3.63, 3.8) is 0 Å². The van der Waals surface area contributed by atoms with Crippen LogP contribution in [0.2, 0.25) is 0 Å². The second-order valence-corrected chi connectivity index (χ2v) is 8.00. The van der Waals surface area contributed by atoms with Crippen LogP contribution < -0.4 is 0 Å². The molecule has 5 heteroatoms. The summed E-state index contributed by atoms with van der Waals surface area (Å²) in [5, 5.41) is 9.85. The van der Waals surface area contributed by atoms with Gasteiger partial charge >= 0.3 is 0 Å². The second-order valence-electron chi connectivity index (χ2n) is 5.82. The Bertz CT molecular complexity index is 865. The van der Waals surface area contributed by atoms with E-state index < -0.39 is 14.6 Å². The number of benzene rings is 2. The number of hydrogen-bond donors (Lipinski definition) is 0. The van der Waals surface area contributed by atoms with Crippen LogP contribution >= 0.6 is 0 Å². The molecule has 0 aliphatic heterocycles. The van der Waals surface area contributed by atoms with Gasteiger partial charge in [-0.25, -0.2) is 8.42 Å². The van der Waals surface area contributed by atoms with E-state index in [-0.39, 0.29) is 23.5 Å². The summed E-state index contributed by atoms with van der Waals surface area (Å²) in [6, 6.07) is 16.8. The smallest absolute Gasteiger partial charge is 0.201 e. The molecule has 0 saturated heterocycles. The largest absolute Gasteiger partial charge is 0.300 e. The lowest BCUT2D eigenvalue weighted by Gasteiger charge is -2.27. The van der Waals surface area contributed by atoms with Gasteiger partial charge < -0.3 is 4.79 Å². The van der Waals surface area contributed by atoms with Gasteiger partial charge in [0.15, 0.2) is 4.75 Å². The maximum atomic E-state index is 13.3. The van der Waals surface area contributed by atoms with E-state index in [0.29, 0.717) is 5.56 Å². The molecule has 0 saturated carbocycles. The Morgan fingerprint density at radius 2 is 1.67 bits per heavy atom. The first-order chi connectivity index (χ1) is 11.3. The topological polar surface area (TPSA) is 75.0 Å². The minimum Gasteiger partial charge on any atom is -0.300 e. The lowest BCUT2D eigenvalue weighted by atomic mass is 9.93. The van der Waals surface area contributed by atoms with E-state index in [4.69, 9.17) is 0 Å². The number of nitriles is 1. The van der Waals surface area contributed by atoms with Crippen LogP contribution in [0.4, 0.5) is 0 Å². The Morgan fingerprint density at radius 3 is 2.17 bits per heavy atom. The van der Waals surface area contributed by atoms with E-state index in [1.165, 1.54) is 19.1 Å². The van der Waals surface area contributed by atoms with Gasteiger partial charge in [-0.15, -0.1) is 0 Å². The van der Waals surface area contributed by atoms with Gasteiger partial charge in [0.2, 0.25) is 9.84 Å². The van der Waals surface area contributed by atoms with Gasteiger partial charge in [0.1, 0.15) is 5.78 Å². The van der Waals surface area contributed by atoms with Gasteiger partial charge in [-0.2, -0.15) is 5.26 Å². The summed E-state index contributed by atoms with van der Waals surface area (Å²) >= 11 is 0. The van der Waals surface area contributed by atoms with Gasteiger partial charge in [0.05, 0.1) is 11.0 Å². The van der Waals surface area contributed by atoms with Crippen molar-refractivity contribution in [1.82, 2.24) is 0 Å². The highest BCUT2D eigenvalue weighted by atomic mass is 32.2. The molecule has 2 aromatic rings. The molecule has 0 spiro atoms. The highest BCUT2D eigenvalue weighted by Crippen LogP contribution is 2.39. The maximum absolute atomic E-state index is 13.3. The summed E-state index contributed by atoms with van der Waals surface area (Å²) in [7, 11) is -3.99. The zero-order chi connectivity index (χ0) is 17.8. The SMILES string of the molecule is CC(=O)CC[C@@](C#N)(c1ccccc1)S(=O)(=O)c1ccc(C)cc1. The molecule has 4 nitrogen and oxygen atoms in total. The number of nitrogens with zero attached hydrogens (tertiary/aromatic N) is 1. The molecule has 0 aromatic heterocycles. The summed E-state index contributed by atoms with van der Waals surface area (Å²) in [5.74, 6) is -0.148. The van der Waals surface area contributed by atoms with E-state index in [1.54, 1.807) is 42.5 Å². The van der Waals surface area contributed by atoms with Crippen LogP contribution in [0.1, 0.15) is 30.9 Å². The van der Waals surface area contributed by atoms with E-state index in [9.17, 15) is 18.5 Å². The Kier molecular flexibility index (Phi) is 5.20. The third-order valence-electron chi connectivity index (χ3n) is 4.04. The van der Waals surface area contributed by atoms with Crippen molar-refractivity contribution in [2.75, 3.05) is 0 Å². The van der Waals surface area contributed by atoms with Crippen molar-refractivity contribution < 1.29 is 13.2 Å². The number of carbonyl (C=O) groups is 1. The number of Topliss-reactive ketones (excluding diaryl/α,β-unsaturated/α-hetero) is 1. The fourth-order valence-electron chi connectivity index (χ4n) is 2.59. The van der Waals surface area contributed by atoms with Crippen molar-refractivity contribution in [2.24, 2.45) is 0 Å². The van der Waals surface area contributed by atoms with Crippen molar-refractivity contribution in [3.8, 4) is 6.07 Å². The summed E-state index contributed by atoms with van der Waals surface area (Å²) in [4.78, 5) is 11.5. The molecule has 124 valence electrons. The van der Waals surface area contributed by atoms with Gasteiger partial charge in [-0.1, -0.05) is 48.0 Å². The molecule has 2 rings (SSSR count). The predicted molar refractivity (Wildman–Crippen MR) is 92.0 cm³/mol. The minimum absolute atomic E-state index is 0.0214. The van der Waals surface area contributed by atoms with Crippen LogP contribution in [-0.4, -0.2) is 14.2 Å². The van der Waals surface area contributed by atoms with Crippen molar-refractivity contribution in [2.45, 2.75) is 36.3 Å². The highest BCUT2D eigenvalue weighted by Gasteiger charge is 2.46. The standard InChI is InChI=1S/C19H19NO3S/c1-15-8-10-18(11-9-15)24(22,23)19(14-20,13-12-16(2)21)17-6-4-3-5-7-17/h3-11H,12-13H2,1-2H3/t19-/m1/s1. The first kappa shape index (κ1) is 17.9. The molecule has 24 heavy (non-hydrogen) atoms. The Balaban J connectivity index is 2.67. The average molecular weight is 341 g/mol. The minimum atomic E-state index is -3.99. The molecule has 0 N–H and O–H groups in total. The number of hydrogen-bond acceptors (Lipinski definition) is 4. The van der Waals surface area contributed by atoms with E-state index in [1.807, 2.05) is 13.0 Å². The first-order valence-electron chi connectivity index (χ1n) is 7.61. The molecule has 2 aromatic carbocycles. The molecule has 0 heterocycles. The van der Waals surface area contributed by atoms with Crippen LogP contribution in [0.3, 0.4) is 0 Å². The predicted octanol–water partition coefficient (Wildman–Crippen LogP) is 3.56. The van der Waals surface area contributed by atoms with E-state index >= 15 is 0 Å². The molecule has 0 bridgehead atoms. The molecule has 0 fully saturated rings. The zero-order valence-electron chi connectivity index (χ0n) is 13.7. The van der Waals surface area contributed by atoms with Crippen LogP contribution in [0.5, 0.6) is 0 Å². The molecule has 0 amide bonds. The van der Waals surface area contributed by atoms with Gasteiger partial charge in [0, 0.05) is 6.42 Å².